The third-order valence-electron chi connectivity index (χ3n) is 8.02. The number of halogens is 3. The number of nitrogens with zero attached hydrogens (tertiary/aromatic N) is 1. The Morgan fingerprint density at radius 1 is 1.02 bits per heavy atom. The van der Waals surface area contributed by atoms with Crippen LogP contribution in [0.25, 0.3) is 5.76 Å². The smallest absolute Gasteiger partial charge is 0.418 e. The van der Waals surface area contributed by atoms with E-state index in [4.69, 9.17) is 14.2 Å². The highest BCUT2D eigenvalue weighted by Crippen LogP contribution is 2.53. The maximum atomic E-state index is 14.4. The second kappa shape index (κ2) is 10.2. The summed E-state index contributed by atoms with van der Waals surface area (Å²) in [6, 6.07) is 16.5. The predicted molar refractivity (Wildman–Crippen MR) is 155 cm³/mol. The second-order valence-corrected chi connectivity index (χ2v) is 11.5. The molecule has 1 unspecified atom stereocenters. The van der Waals surface area contributed by atoms with Crippen LogP contribution < -0.4 is 19.1 Å². The lowest BCUT2D eigenvalue weighted by atomic mass is 9.67. The van der Waals surface area contributed by atoms with Crippen LogP contribution in [0.1, 0.15) is 49.3 Å². The Bertz CT molecular complexity index is 1710. The summed E-state index contributed by atoms with van der Waals surface area (Å²) in [5.41, 5.74) is -0.447. The quantitative estimate of drug-likeness (QED) is 0.304. The number of allylic oxidation sites excluding steroid dienone is 2. The van der Waals surface area contributed by atoms with Crippen LogP contribution in [0.5, 0.6) is 17.2 Å². The van der Waals surface area contributed by atoms with Crippen LogP contribution in [-0.4, -0.2) is 30.6 Å². The predicted octanol–water partition coefficient (Wildman–Crippen LogP) is 7.64. The van der Waals surface area contributed by atoms with Crippen LogP contribution in [0, 0.1) is 10.8 Å². The lowest BCUT2D eigenvalue weighted by Crippen LogP contribution is -2.45. The first-order valence-corrected chi connectivity index (χ1v) is 13.7. The van der Waals surface area contributed by atoms with Crippen molar-refractivity contribution in [3.63, 3.8) is 0 Å². The summed E-state index contributed by atoms with van der Waals surface area (Å²) in [4.78, 5) is 15.3. The lowest BCUT2D eigenvalue weighted by Gasteiger charge is -2.45. The largest absolute Gasteiger partial charge is 0.507 e. The van der Waals surface area contributed by atoms with Crippen LogP contribution in [0.3, 0.4) is 0 Å². The van der Waals surface area contributed by atoms with Gasteiger partial charge in [-0.3, -0.25) is 15.1 Å². The number of hydrogen-bond acceptors (Lipinski definition) is 6. The fourth-order valence-electron chi connectivity index (χ4n) is 6.12. The van der Waals surface area contributed by atoms with Crippen molar-refractivity contribution in [2.24, 2.45) is 5.41 Å². The molecule has 2 N–H and O–H groups in total. The van der Waals surface area contributed by atoms with Gasteiger partial charge >= 0.3 is 6.18 Å². The standard InChI is InChI=1S/C33H29F3N2O5/c1-32(2)15-23-28(24(39)16-32)27(19-10-13-25-26(14-19)43-17-42-25)29(30(40)18-8-11-20(41-3)12-9-18)31(37)38(23)22-7-5-4-6-21(22)33(34,35)36/h4-14,27,37,40H,15-17H2,1-3H3/b30-29+,37-31?. The molecule has 1 atom stereocenters. The Labute approximate surface area is 246 Å². The molecule has 3 aromatic rings. The van der Waals surface area contributed by atoms with Crippen LogP contribution in [-0.2, 0) is 11.0 Å². The van der Waals surface area contributed by atoms with E-state index >= 15 is 0 Å². The minimum atomic E-state index is -4.73. The summed E-state index contributed by atoms with van der Waals surface area (Å²) < 4.78 is 59.4. The number of para-hydroxylation sites is 1. The molecule has 0 fully saturated rings. The lowest BCUT2D eigenvalue weighted by molar-refractivity contribution is -0.137. The van der Waals surface area contributed by atoms with Gasteiger partial charge in [-0.1, -0.05) is 32.0 Å². The summed E-state index contributed by atoms with van der Waals surface area (Å²) in [5.74, 6) is -0.463. The number of hydrogen-bond donors (Lipinski definition) is 2. The van der Waals surface area contributed by atoms with E-state index < -0.39 is 23.1 Å². The number of rotatable bonds is 4. The molecular formula is C33H29F3N2O5. The van der Waals surface area contributed by atoms with Gasteiger partial charge in [0.25, 0.3) is 0 Å². The molecule has 0 aromatic heterocycles. The average molecular weight is 591 g/mol. The number of anilines is 1. The number of carbonyl (C=O) groups is 1. The summed E-state index contributed by atoms with van der Waals surface area (Å²) in [6.45, 7) is 3.77. The van der Waals surface area contributed by atoms with Gasteiger partial charge in [-0.05, 0) is 65.9 Å². The Balaban J connectivity index is 1.68. The van der Waals surface area contributed by atoms with Crippen molar-refractivity contribution in [3.8, 4) is 17.2 Å². The number of ketones is 1. The third-order valence-corrected chi connectivity index (χ3v) is 8.02. The number of nitrogens with one attached hydrogen (secondary N) is 1. The highest BCUT2D eigenvalue weighted by atomic mass is 19.4. The van der Waals surface area contributed by atoms with Crippen LogP contribution in [0.15, 0.2) is 83.6 Å². The highest BCUT2D eigenvalue weighted by molar-refractivity contribution is 6.20. The van der Waals surface area contributed by atoms with Crippen LogP contribution >= 0.6 is 0 Å². The zero-order valence-corrected chi connectivity index (χ0v) is 23.7. The maximum absolute atomic E-state index is 14.4. The highest BCUT2D eigenvalue weighted by Gasteiger charge is 2.48. The Kier molecular flexibility index (Phi) is 6.75. The van der Waals surface area contributed by atoms with Crippen molar-refractivity contribution in [3.05, 3.63) is 100 Å². The first kappa shape index (κ1) is 28.4. The Morgan fingerprint density at radius 2 is 1.72 bits per heavy atom. The zero-order valence-electron chi connectivity index (χ0n) is 23.7. The van der Waals surface area contributed by atoms with Gasteiger partial charge in [0.2, 0.25) is 6.79 Å². The molecule has 0 spiro atoms. The molecule has 3 aromatic carbocycles. The van der Waals surface area contributed by atoms with E-state index in [-0.39, 0.29) is 53.8 Å². The van der Waals surface area contributed by atoms with Crippen molar-refractivity contribution in [2.75, 3.05) is 18.8 Å². The number of aliphatic hydroxyl groups is 1. The molecular weight excluding hydrogens is 561 g/mol. The van der Waals surface area contributed by atoms with Gasteiger partial charge < -0.3 is 19.3 Å². The van der Waals surface area contributed by atoms with E-state index in [9.17, 15) is 28.5 Å². The number of amidine groups is 1. The van der Waals surface area contributed by atoms with E-state index in [0.717, 1.165) is 6.07 Å². The number of ether oxygens (including phenoxy) is 3. The van der Waals surface area contributed by atoms with Gasteiger partial charge in [-0.25, -0.2) is 0 Å². The summed E-state index contributed by atoms with van der Waals surface area (Å²) in [6.07, 6.45) is -4.35. The van der Waals surface area contributed by atoms with Gasteiger partial charge in [-0.2, -0.15) is 13.2 Å². The number of Topliss-reactive ketones (excluding diaryl/α,β-unsaturated/α-hetero) is 1. The number of alkyl halides is 3. The molecule has 0 radical (unpaired) electrons. The van der Waals surface area contributed by atoms with Gasteiger partial charge in [-0.15, -0.1) is 0 Å². The summed E-state index contributed by atoms with van der Waals surface area (Å²) in [5, 5.41) is 21.3. The van der Waals surface area contributed by atoms with Crippen molar-refractivity contribution in [2.45, 2.75) is 38.8 Å². The van der Waals surface area contributed by atoms with E-state index in [1.54, 1.807) is 42.5 Å². The molecule has 6 rings (SSSR count). The first-order valence-electron chi connectivity index (χ1n) is 13.7. The SMILES string of the molecule is COc1ccc(/C(O)=C2\C(=N)N(c3ccccc3C(F)(F)F)C3=C(C(=O)CC(C)(C)C3)C2c2ccc3c(c2)OCO3)cc1. The molecule has 0 saturated heterocycles. The van der Waals surface area contributed by atoms with Crippen molar-refractivity contribution < 1.29 is 37.3 Å². The molecule has 0 saturated carbocycles. The zero-order chi connectivity index (χ0) is 30.7. The molecule has 222 valence electrons. The number of aliphatic hydroxyl groups excluding tert-OH is 1. The molecule has 2 heterocycles. The number of fused-ring (bicyclic) bond motifs is 1. The fourth-order valence-corrected chi connectivity index (χ4v) is 6.12. The van der Waals surface area contributed by atoms with E-state index in [2.05, 4.69) is 0 Å². The molecule has 2 aliphatic heterocycles. The normalized spacial score (nSPS) is 20.7. The third kappa shape index (κ3) is 4.90. The Morgan fingerprint density at radius 3 is 2.42 bits per heavy atom. The van der Waals surface area contributed by atoms with Gasteiger partial charge in [0.15, 0.2) is 17.3 Å². The molecule has 43 heavy (non-hydrogen) atoms. The second-order valence-electron chi connectivity index (χ2n) is 11.5. The molecule has 1 aliphatic carbocycles. The van der Waals surface area contributed by atoms with Crippen molar-refractivity contribution in [1.29, 1.82) is 5.41 Å². The monoisotopic (exact) mass is 590 g/mol. The molecule has 0 bridgehead atoms. The minimum Gasteiger partial charge on any atom is -0.507 e. The minimum absolute atomic E-state index is 0.00665. The van der Waals surface area contributed by atoms with Gasteiger partial charge in [0.1, 0.15) is 17.3 Å². The van der Waals surface area contributed by atoms with Crippen molar-refractivity contribution >= 4 is 23.1 Å². The summed E-state index contributed by atoms with van der Waals surface area (Å²) in [7, 11) is 1.50. The summed E-state index contributed by atoms with van der Waals surface area (Å²) >= 11 is 0. The van der Waals surface area contributed by atoms with Crippen LogP contribution in [0.4, 0.5) is 18.9 Å². The van der Waals surface area contributed by atoms with Gasteiger partial charge in [0, 0.05) is 34.7 Å². The fraction of sp³-hybridized carbons (Fsp3) is 0.273. The molecule has 10 heteroatoms. The van der Waals surface area contributed by atoms with Crippen LogP contribution in [0.2, 0.25) is 0 Å². The maximum Gasteiger partial charge on any atom is 0.418 e. The first-order chi connectivity index (χ1) is 20.4. The van der Waals surface area contributed by atoms with E-state index in [0.29, 0.717) is 34.1 Å². The molecule has 3 aliphatic rings. The van der Waals surface area contributed by atoms with Gasteiger partial charge in [0.05, 0.1) is 18.4 Å². The molecule has 7 nitrogen and oxygen atoms in total. The van der Waals surface area contributed by atoms with E-state index in [1.165, 1.54) is 30.2 Å². The molecule has 0 amide bonds. The van der Waals surface area contributed by atoms with Crippen molar-refractivity contribution in [1.82, 2.24) is 0 Å². The average Bonchev–Trinajstić information content (AvgIpc) is 3.43. The number of carbonyl (C=O) groups excluding carboxylic acids is 1. The topological polar surface area (TPSA) is 92.1 Å². The Hall–Kier alpha value is -4.73. The number of benzene rings is 3. The van der Waals surface area contributed by atoms with E-state index in [1.807, 2.05) is 13.8 Å². The number of methoxy groups -OCH3 is 1.